The Bertz CT molecular complexity index is 2280. The molecule has 5 aromatic carbocycles. The van der Waals surface area contributed by atoms with E-state index in [0.29, 0.717) is 10.8 Å². The Morgan fingerprint density at radius 1 is 0.339 bits per heavy atom. The lowest BCUT2D eigenvalue weighted by Gasteiger charge is -2.44. The lowest BCUT2D eigenvalue weighted by molar-refractivity contribution is -0.875. The summed E-state index contributed by atoms with van der Waals surface area (Å²) >= 11 is 5.82. The standard InChI is InChI=1S/C24BF20.C11H9ClNO/c26-5-1(6(27)14(35)21(42)13(5)34)25(2-7(28)15(36)22(43)16(37)8(2)29,3-9(30)17(38)23(44)18(39)10(3)31)4-11(32)19(40)24(45)20(41)12(4)33;12-10-5-4-6-11(9-10)14-13-7-2-1-3-8-13/h;1-9H/q-1;+1. The van der Waals surface area contributed by atoms with Crippen LogP contribution in [0.3, 0.4) is 0 Å². The molecular weight excluding hydrogens is 877 g/mol. The maximum Gasteiger partial charge on any atom is 0.223 e. The van der Waals surface area contributed by atoms with Gasteiger partial charge in [-0.05, 0) is 12.1 Å². The molecule has 1 aromatic heterocycles. The minimum absolute atomic E-state index is 0.666. The number of pyridine rings is 1. The molecule has 0 spiro atoms. The van der Waals surface area contributed by atoms with Crippen molar-refractivity contribution in [3.8, 4) is 5.75 Å². The van der Waals surface area contributed by atoms with Crippen LogP contribution in [0.2, 0.25) is 5.02 Å². The van der Waals surface area contributed by atoms with Crippen molar-refractivity contribution in [3.05, 3.63) is 176 Å². The quantitative estimate of drug-likeness (QED) is 0.0540. The predicted octanol–water partition coefficient (Wildman–Crippen LogP) is 8.32. The van der Waals surface area contributed by atoms with Gasteiger partial charge in [-0.2, -0.15) is 0 Å². The van der Waals surface area contributed by atoms with E-state index in [1.807, 2.05) is 48.8 Å². The Hall–Kier alpha value is -6.00. The molecule has 2 nitrogen and oxygen atoms in total. The van der Waals surface area contributed by atoms with Crippen molar-refractivity contribution in [2.75, 3.05) is 0 Å². The van der Waals surface area contributed by atoms with Gasteiger partial charge in [0.25, 0.3) is 0 Å². The summed E-state index contributed by atoms with van der Waals surface area (Å²) in [5.74, 6) is -70.7. The smallest absolute Gasteiger partial charge is 0.223 e. The van der Waals surface area contributed by atoms with E-state index >= 15 is 35.1 Å². The first kappa shape index (κ1) is 44.1. The van der Waals surface area contributed by atoms with Crippen LogP contribution >= 0.6 is 11.6 Å². The summed E-state index contributed by atoms with van der Waals surface area (Å²) < 4.78 is 296. The molecule has 0 amide bonds. The van der Waals surface area contributed by atoms with Crippen molar-refractivity contribution in [2.24, 2.45) is 0 Å². The fourth-order valence-electron chi connectivity index (χ4n) is 5.96. The van der Waals surface area contributed by atoms with Crippen LogP contribution in [0.5, 0.6) is 5.75 Å². The average Bonchev–Trinajstić information content (AvgIpc) is 3.21. The zero-order chi connectivity index (χ0) is 44.2. The van der Waals surface area contributed by atoms with Crippen LogP contribution < -0.4 is 31.4 Å². The third kappa shape index (κ3) is 7.03. The predicted molar refractivity (Wildman–Crippen MR) is 163 cm³/mol. The molecule has 0 saturated heterocycles. The van der Waals surface area contributed by atoms with Gasteiger partial charge in [0, 0.05) is 28.0 Å². The van der Waals surface area contributed by atoms with Crippen LogP contribution in [0.15, 0.2) is 54.9 Å². The molecule has 0 aliphatic rings. The van der Waals surface area contributed by atoms with Gasteiger partial charge in [-0.25, -0.2) is 92.6 Å². The van der Waals surface area contributed by atoms with E-state index in [2.05, 4.69) is 0 Å². The molecule has 310 valence electrons. The number of hydrogen-bond donors (Lipinski definition) is 0. The first-order chi connectivity index (χ1) is 27.5. The lowest BCUT2D eigenvalue weighted by Crippen LogP contribution is -2.81. The summed E-state index contributed by atoms with van der Waals surface area (Å²) in [7, 11) is 0. The summed E-state index contributed by atoms with van der Waals surface area (Å²) in [5, 5.41) is 0.666. The molecule has 0 unspecified atom stereocenters. The Balaban J connectivity index is 0.000000395. The molecule has 0 N–H and O–H groups in total. The Morgan fingerprint density at radius 3 is 0.847 bits per heavy atom. The Morgan fingerprint density at radius 2 is 0.593 bits per heavy atom. The molecular formula is C35H9BClF20NO. The monoisotopic (exact) mass is 885 g/mol. The topological polar surface area (TPSA) is 13.1 Å². The number of nitrogens with zero attached hydrogens (tertiary/aromatic N) is 1. The zero-order valence-electron chi connectivity index (χ0n) is 27.6. The summed E-state index contributed by atoms with van der Waals surface area (Å²) in [6.45, 7) is 0. The second-order valence-corrected chi connectivity index (χ2v) is 12.0. The summed E-state index contributed by atoms with van der Waals surface area (Å²) in [6, 6.07) is 13.0. The average molecular weight is 886 g/mol. The maximum atomic E-state index is 15.4. The van der Waals surface area contributed by atoms with Gasteiger partial charge in [0.15, 0.2) is 69.8 Å². The van der Waals surface area contributed by atoms with E-state index in [1.54, 1.807) is 10.8 Å². The van der Waals surface area contributed by atoms with Crippen LogP contribution in [0.1, 0.15) is 0 Å². The molecule has 24 heteroatoms. The van der Waals surface area contributed by atoms with Crippen molar-refractivity contribution < 1.29 is 97.4 Å². The number of halogens is 21. The summed E-state index contributed by atoms with van der Waals surface area (Å²) in [4.78, 5) is 5.49. The zero-order valence-corrected chi connectivity index (χ0v) is 28.3. The van der Waals surface area contributed by atoms with E-state index in [0.717, 1.165) is 0 Å². The molecule has 0 aliphatic carbocycles. The van der Waals surface area contributed by atoms with E-state index in [9.17, 15) is 52.7 Å². The SMILES string of the molecule is Clc1cccc(O[n+]2ccccc2)c1.Fc1c(F)c(F)c([B-](c2c(F)c(F)c(F)c(F)c2F)(c2c(F)c(F)c(F)c(F)c2F)c2c(F)c(F)c(F)c(F)c2F)c(F)c1F. The Kier molecular flexibility index (Phi) is 12.2. The lowest BCUT2D eigenvalue weighted by atomic mass is 9.12. The van der Waals surface area contributed by atoms with Crippen molar-refractivity contribution in [3.63, 3.8) is 0 Å². The molecule has 0 atom stereocenters. The molecule has 0 radical (unpaired) electrons. The number of benzene rings is 5. The van der Waals surface area contributed by atoms with E-state index in [-0.39, 0.29) is 0 Å². The summed E-state index contributed by atoms with van der Waals surface area (Å²) in [5.41, 5.74) is -14.3. The largest absolute Gasteiger partial charge is 0.231 e. The minimum Gasteiger partial charge on any atom is -0.231 e. The van der Waals surface area contributed by atoms with Gasteiger partial charge >= 0.3 is 0 Å². The first-order valence-corrected chi connectivity index (χ1v) is 15.6. The molecule has 0 fully saturated rings. The minimum atomic E-state index is -7.22. The highest BCUT2D eigenvalue weighted by Gasteiger charge is 2.52. The highest BCUT2D eigenvalue weighted by Crippen LogP contribution is 2.30. The number of rotatable bonds is 6. The molecule has 0 aliphatic heterocycles. The second kappa shape index (κ2) is 16.3. The molecule has 0 bridgehead atoms. The van der Waals surface area contributed by atoms with E-state index < -0.39 is 144 Å². The molecule has 6 rings (SSSR count). The van der Waals surface area contributed by atoms with Crippen molar-refractivity contribution >= 4 is 39.6 Å². The van der Waals surface area contributed by atoms with Crippen LogP contribution in [0, 0.1) is 116 Å². The third-order valence-corrected chi connectivity index (χ3v) is 8.64. The fourth-order valence-corrected chi connectivity index (χ4v) is 6.14. The van der Waals surface area contributed by atoms with Gasteiger partial charge in [0.1, 0.15) is 52.7 Å². The van der Waals surface area contributed by atoms with Gasteiger partial charge in [-0.15, -0.1) is 21.9 Å². The molecule has 59 heavy (non-hydrogen) atoms. The van der Waals surface area contributed by atoms with E-state index in [4.69, 9.17) is 16.4 Å². The van der Waals surface area contributed by atoms with Crippen LogP contribution in [0.4, 0.5) is 87.8 Å². The molecule has 6 aromatic rings. The summed E-state index contributed by atoms with van der Waals surface area (Å²) in [6.07, 6.45) is -3.58. The second-order valence-electron chi connectivity index (χ2n) is 11.6. The van der Waals surface area contributed by atoms with Crippen molar-refractivity contribution in [2.45, 2.75) is 0 Å². The van der Waals surface area contributed by atoms with Crippen LogP contribution in [-0.4, -0.2) is 6.15 Å². The van der Waals surface area contributed by atoms with Gasteiger partial charge in [0.2, 0.25) is 18.1 Å². The molecule has 0 saturated carbocycles. The number of hydrogen-bond acceptors (Lipinski definition) is 1. The normalized spacial score (nSPS) is 11.5. The Labute approximate surface area is 318 Å². The van der Waals surface area contributed by atoms with Crippen molar-refractivity contribution in [1.82, 2.24) is 0 Å². The number of aromatic nitrogens is 1. The maximum absolute atomic E-state index is 15.4. The van der Waals surface area contributed by atoms with Crippen molar-refractivity contribution in [1.29, 1.82) is 0 Å². The van der Waals surface area contributed by atoms with Gasteiger partial charge < -0.3 is 0 Å². The van der Waals surface area contributed by atoms with Crippen LogP contribution in [-0.2, 0) is 0 Å². The highest BCUT2D eigenvalue weighted by atomic mass is 35.5. The fraction of sp³-hybridized carbons (Fsp3) is 0. The van der Waals surface area contributed by atoms with Crippen LogP contribution in [0.25, 0.3) is 0 Å². The van der Waals surface area contributed by atoms with Gasteiger partial charge in [-0.3, -0.25) is 0 Å². The molecule has 1 heterocycles. The van der Waals surface area contributed by atoms with Gasteiger partial charge in [-0.1, -0.05) is 23.7 Å². The third-order valence-electron chi connectivity index (χ3n) is 8.40. The van der Waals surface area contributed by atoms with E-state index in [1.165, 1.54) is 0 Å². The van der Waals surface area contributed by atoms with Gasteiger partial charge in [0.05, 0.1) is 0 Å². The first-order valence-electron chi connectivity index (χ1n) is 15.2. The highest BCUT2D eigenvalue weighted by molar-refractivity contribution is 7.20.